The lowest BCUT2D eigenvalue weighted by molar-refractivity contribution is -0.150. The van der Waals surface area contributed by atoms with E-state index in [1.54, 1.807) is 19.1 Å². The van der Waals surface area contributed by atoms with Crippen LogP contribution in [0.15, 0.2) is 27.3 Å². The number of amides is 1. The summed E-state index contributed by atoms with van der Waals surface area (Å²) in [4.78, 5) is 23.6. The number of carbonyl (C=O) groups is 2. The highest BCUT2D eigenvalue weighted by molar-refractivity contribution is 9.10. The van der Waals surface area contributed by atoms with Gasteiger partial charge in [0.1, 0.15) is 11.3 Å². The number of rotatable bonds is 6. The van der Waals surface area contributed by atoms with Gasteiger partial charge in [-0.05, 0) is 47.5 Å². The lowest BCUT2D eigenvalue weighted by atomic mass is 9.96. The van der Waals surface area contributed by atoms with E-state index in [4.69, 9.17) is 9.15 Å². The molecule has 0 aliphatic rings. The molecule has 1 N–H and O–H groups in total. The van der Waals surface area contributed by atoms with Crippen molar-refractivity contribution in [3.05, 3.63) is 28.6 Å². The Morgan fingerprint density at radius 3 is 2.70 bits per heavy atom. The van der Waals surface area contributed by atoms with Crippen molar-refractivity contribution in [1.82, 2.24) is 5.32 Å². The van der Waals surface area contributed by atoms with E-state index < -0.39 is 11.5 Å². The smallest absolute Gasteiger partial charge is 0.331 e. The second-order valence-electron chi connectivity index (χ2n) is 4.54. The fraction of sp³-hybridized carbons (Fsp3) is 0.429. The average molecular weight is 344 g/mol. The zero-order valence-corrected chi connectivity index (χ0v) is 13.3. The van der Waals surface area contributed by atoms with Gasteiger partial charge in [-0.2, -0.15) is 0 Å². The van der Waals surface area contributed by atoms with Crippen LogP contribution in [-0.4, -0.2) is 24.5 Å². The van der Waals surface area contributed by atoms with E-state index in [1.165, 1.54) is 19.3 Å². The van der Waals surface area contributed by atoms with Crippen LogP contribution in [0.3, 0.4) is 0 Å². The topological polar surface area (TPSA) is 68.5 Å². The molecule has 1 aromatic heterocycles. The van der Waals surface area contributed by atoms with Crippen LogP contribution in [0.1, 0.15) is 32.4 Å². The zero-order chi connectivity index (χ0) is 15.2. The highest BCUT2D eigenvalue weighted by Gasteiger charge is 2.34. The molecule has 0 aromatic carbocycles. The van der Waals surface area contributed by atoms with Crippen molar-refractivity contribution in [1.29, 1.82) is 0 Å². The minimum Gasteiger partial charge on any atom is -0.467 e. The van der Waals surface area contributed by atoms with Crippen LogP contribution in [0.5, 0.6) is 0 Å². The molecule has 0 fully saturated rings. The number of ether oxygens (including phenoxy) is 1. The molecule has 1 atom stereocenters. The summed E-state index contributed by atoms with van der Waals surface area (Å²) in [5.74, 6) is -0.289. The molecular weight excluding hydrogens is 326 g/mol. The van der Waals surface area contributed by atoms with E-state index in [0.29, 0.717) is 16.9 Å². The van der Waals surface area contributed by atoms with Crippen LogP contribution in [0, 0.1) is 0 Å². The Bertz CT molecular complexity index is 509. The van der Waals surface area contributed by atoms with Crippen molar-refractivity contribution in [3.8, 4) is 0 Å². The number of methoxy groups -OCH3 is 1. The molecule has 0 spiro atoms. The van der Waals surface area contributed by atoms with E-state index in [-0.39, 0.29) is 5.91 Å². The minimum absolute atomic E-state index is 0.376. The van der Waals surface area contributed by atoms with Crippen molar-refractivity contribution < 1.29 is 18.7 Å². The fourth-order valence-corrected chi connectivity index (χ4v) is 2.15. The number of carbonyl (C=O) groups excluding carboxylic acids is 2. The summed E-state index contributed by atoms with van der Waals surface area (Å²) in [6.45, 7) is 3.58. The first-order valence-corrected chi connectivity index (χ1v) is 7.04. The molecule has 0 saturated carbocycles. The van der Waals surface area contributed by atoms with Crippen LogP contribution in [0.25, 0.3) is 6.08 Å². The van der Waals surface area contributed by atoms with Crippen LogP contribution in [0.4, 0.5) is 0 Å². The quantitative estimate of drug-likeness (QED) is 0.636. The second kappa shape index (κ2) is 7.28. The molecule has 0 aliphatic heterocycles. The van der Waals surface area contributed by atoms with E-state index in [0.717, 1.165) is 6.42 Å². The summed E-state index contributed by atoms with van der Waals surface area (Å²) in [5.41, 5.74) is -1.02. The maximum atomic E-state index is 11.9. The van der Waals surface area contributed by atoms with Gasteiger partial charge in [0.25, 0.3) is 0 Å². The van der Waals surface area contributed by atoms with Crippen molar-refractivity contribution in [2.24, 2.45) is 0 Å². The van der Waals surface area contributed by atoms with Gasteiger partial charge in [-0.1, -0.05) is 13.3 Å². The Balaban J connectivity index is 2.71. The SMILES string of the molecule is CCCC(C)(NC(=O)/C=C/c1ccc(Br)o1)C(=O)OC. The Morgan fingerprint density at radius 1 is 1.50 bits per heavy atom. The molecule has 0 aliphatic carbocycles. The van der Waals surface area contributed by atoms with Crippen LogP contribution < -0.4 is 5.32 Å². The first-order chi connectivity index (χ1) is 9.41. The van der Waals surface area contributed by atoms with Gasteiger partial charge in [0, 0.05) is 6.08 Å². The third-order valence-corrected chi connectivity index (χ3v) is 3.20. The summed E-state index contributed by atoms with van der Waals surface area (Å²) < 4.78 is 10.6. The number of nitrogens with one attached hydrogen (secondary N) is 1. The maximum absolute atomic E-state index is 11.9. The van der Waals surface area contributed by atoms with Crippen LogP contribution >= 0.6 is 15.9 Å². The molecule has 1 heterocycles. The van der Waals surface area contributed by atoms with E-state index in [2.05, 4.69) is 21.2 Å². The van der Waals surface area contributed by atoms with Gasteiger partial charge in [-0.3, -0.25) is 4.79 Å². The number of hydrogen-bond donors (Lipinski definition) is 1. The molecular formula is C14H18BrNO4. The second-order valence-corrected chi connectivity index (χ2v) is 5.32. The third kappa shape index (κ3) is 4.52. The summed E-state index contributed by atoms with van der Waals surface area (Å²) in [6, 6.07) is 3.45. The van der Waals surface area contributed by atoms with Gasteiger partial charge in [-0.25, -0.2) is 4.79 Å². The molecule has 5 nitrogen and oxygen atoms in total. The highest BCUT2D eigenvalue weighted by atomic mass is 79.9. The maximum Gasteiger partial charge on any atom is 0.331 e. The predicted octanol–water partition coefficient (Wildman–Crippen LogP) is 2.90. The lowest BCUT2D eigenvalue weighted by Crippen LogP contribution is -2.52. The Morgan fingerprint density at radius 2 is 2.20 bits per heavy atom. The normalized spacial score (nSPS) is 14.0. The lowest BCUT2D eigenvalue weighted by Gasteiger charge is -2.26. The fourth-order valence-electron chi connectivity index (χ4n) is 1.83. The number of halogens is 1. The molecule has 1 amide bonds. The Hall–Kier alpha value is -1.56. The summed E-state index contributed by atoms with van der Waals surface area (Å²) in [6.07, 6.45) is 4.11. The van der Waals surface area contributed by atoms with Crippen LogP contribution in [-0.2, 0) is 14.3 Å². The molecule has 0 radical (unpaired) electrons. The van der Waals surface area contributed by atoms with Crippen molar-refractivity contribution >= 4 is 33.9 Å². The minimum atomic E-state index is -1.02. The molecule has 0 saturated heterocycles. The monoisotopic (exact) mass is 343 g/mol. The van der Waals surface area contributed by atoms with Crippen molar-refractivity contribution in [2.45, 2.75) is 32.2 Å². The largest absolute Gasteiger partial charge is 0.467 e. The van der Waals surface area contributed by atoms with Crippen molar-refractivity contribution in [2.75, 3.05) is 7.11 Å². The van der Waals surface area contributed by atoms with Crippen molar-refractivity contribution in [3.63, 3.8) is 0 Å². The molecule has 0 bridgehead atoms. The predicted molar refractivity (Wildman–Crippen MR) is 78.9 cm³/mol. The third-order valence-electron chi connectivity index (χ3n) is 2.78. The first kappa shape index (κ1) is 16.5. The number of hydrogen-bond acceptors (Lipinski definition) is 4. The van der Waals surface area contributed by atoms with Crippen LogP contribution in [0.2, 0.25) is 0 Å². The summed E-state index contributed by atoms with van der Waals surface area (Å²) in [7, 11) is 1.30. The molecule has 6 heteroatoms. The summed E-state index contributed by atoms with van der Waals surface area (Å²) >= 11 is 3.17. The van der Waals surface area contributed by atoms with E-state index in [9.17, 15) is 9.59 Å². The van der Waals surface area contributed by atoms with E-state index >= 15 is 0 Å². The zero-order valence-electron chi connectivity index (χ0n) is 11.7. The molecule has 1 rings (SSSR count). The van der Waals surface area contributed by atoms with Gasteiger partial charge >= 0.3 is 5.97 Å². The molecule has 1 aromatic rings. The number of furan rings is 1. The van der Waals surface area contributed by atoms with E-state index in [1.807, 2.05) is 6.92 Å². The first-order valence-electron chi connectivity index (χ1n) is 6.25. The molecule has 110 valence electrons. The average Bonchev–Trinajstić information content (AvgIpc) is 2.81. The van der Waals surface area contributed by atoms with Gasteiger partial charge in [0.05, 0.1) is 7.11 Å². The molecule has 20 heavy (non-hydrogen) atoms. The molecule has 1 unspecified atom stereocenters. The van der Waals surface area contributed by atoms with Gasteiger partial charge < -0.3 is 14.5 Å². The van der Waals surface area contributed by atoms with Gasteiger partial charge in [0.2, 0.25) is 5.91 Å². The Kier molecular flexibility index (Phi) is 6.01. The summed E-state index contributed by atoms with van der Waals surface area (Å²) in [5, 5.41) is 2.67. The van der Waals surface area contributed by atoms with Gasteiger partial charge in [-0.15, -0.1) is 0 Å². The van der Waals surface area contributed by atoms with Gasteiger partial charge in [0.15, 0.2) is 4.67 Å². The standard InChI is InChI=1S/C14H18BrNO4/c1-4-9-14(2,13(18)19-3)16-12(17)8-6-10-5-7-11(15)20-10/h5-8H,4,9H2,1-3H3,(H,16,17)/b8-6+. The Labute approximate surface area is 126 Å². The highest BCUT2D eigenvalue weighted by Crippen LogP contribution is 2.16. The number of esters is 1.